The molecule has 1 N–H and O–H groups in total. The molecule has 0 radical (unpaired) electrons. The minimum atomic E-state index is -1.30. The number of hydrogen-bond donors (Lipinski definition) is 1. The third kappa shape index (κ3) is 5.09. The Hall–Kier alpha value is -3.54. The lowest BCUT2D eigenvalue weighted by molar-refractivity contribution is -0.0123. The monoisotopic (exact) mass is 545 g/mol. The van der Waals surface area contributed by atoms with Crippen LogP contribution in [0.4, 0.5) is 23.4 Å². The minimum absolute atomic E-state index is 0.00774. The normalized spacial score (nSPS) is 18.1. The lowest BCUT2D eigenvalue weighted by Gasteiger charge is -2.29. The van der Waals surface area contributed by atoms with Gasteiger partial charge in [-0.25, -0.2) is 13.2 Å². The Morgan fingerprint density at radius 3 is 2.64 bits per heavy atom. The zero-order chi connectivity index (χ0) is 27.9. The third-order valence-corrected chi connectivity index (χ3v) is 6.69. The molecule has 0 spiro atoms. The van der Waals surface area contributed by atoms with Gasteiger partial charge in [-0.2, -0.15) is 14.4 Å². The number of nitrogens with zero attached hydrogens (tertiary/aromatic N) is 3. The highest BCUT2D eigenvalue weighted by Crippen LogP contribution is 2.41. The molecule has 0 aliphatic carbocycles. The van der Waals surface area contributed by atoms with Crippen LogP contribution in [0, 0.1) is 23.5 Å². The van der Waals surface area contributed by atoms with Gasteiger partial charge in [0, 0.05) is 19.0 Å². The van der Waals surface area contributed by atoms with E-state index in [0.717, 1.165) is 6.07 Å². The molecule has 1 fully saturated rings. The number of aliphatic hydroxyl groups is 1. The lowest BCUT2D eigenvalue weighted by atomic mass is 9.91. The molecule has 7 nitrogen and oxygen atoms in total. The van der Waals surface area contributed by atoms with Crippen LogP contribution < -0.4 is 9.64 Å². The summed E-state index contributed by atoms with van der Waals surface area (Å²) >= 11 is 0. The van der Waals surface area contributed by atoms with Gasteiger partial charge in [0.15, 0.2) is 12.6 Å². The fourth-order valence-electron chi connectivity index (χ4n) is 5.07. The molecule has 0 saturated carbocycles. The predicted octanol–water partition coefficient (Wildman–Crippen LogP) is 5.14. The first-order valence-corrected chi connectivity index (χ1v) is 12.4. The summed E-state index contributed by atoms with van der Waals surface area (Å²) in [6.07, 6.45) is -0.968. The number of halogens is 4. The van der Waals surface area contributed by atoms with Crippen molar-refractivity contribution < 1.29 is 36.9 Å². The van der Waals surface area contributed by atoms with Crippen LogP contribution in [0.15, 0.2) is 30.3 Å². The maximum atomic E-state index is 16.3. The number of methoxy groups -OCH3 is 1. The van der Waals surface area contributed by atoms with E-state index in [2.05, 4.69) is 9.97 Å². The lowest BCUT2D eigenvalue weighted by Crippen LogP contribution is -2.42. The van der Waals surface area contributed by atoms with Crippen LogP contribution in [-0.4, -0.2) is 60.9 Å². The highest BCUT2D eigenvalue weighted by atomic mass is 19.1. The second-order valence-corrected chi connectivity index (χ2v) is 9.73. The summed E-state index contributed by atoms with van der Waals surface area (Å²) in [6, 6.07) is 6.84. The van der Waals surface area contributed by atoms with Crippen molar-refractivity contribution in [3.8, 4) is 16.9 Å². The van der Waals surface area contributed by atoms with Gasteiger partial charge in [0.25, 0.3) is 0 Å². The van der Waals surface area contributed by atoms with E-state index >= 15 is 8.78 Å². The Morgan fingerprint density at radius 2 is 1.90 bits per heavy atom. The van der Waals surface area contributed by atoms with Gasteiger partial charge in [0.2, 0.25) is 0 Å². The molecule has 1 atom stereocenters. The van der Waals surface area contributed by atoms with Gasteiger partial charge in [-0.3, -0.25) is 0 Å². The number of aromatic nitrogens is 2. The van der Waals surface area contributed by atoms with Crippen LogP contribution >= 0.6 is 0 Å². The van der Waals surface area contributed by atoms with Crippen molar-refractivity contribution in [2.24, 2.45) is 0 Å². The van der Waals surface area contributed by atoms with Gasteiger partial charge >= 0.3 is 6.08 Å². The van der Waals surface area contributed by atoms with Gasteiger partial charge in [0.05, 0.1) is 25.3 Å². The Bertz CT molecular complexity index is 1560. The number of β-amino-alcohol motifs (C(OH)–C–C–N with tert-alkyl or cyclic N) is 1. The molecule has 4 aromatic rings. The molecule has 206 valence electrons. The number of fused-ring (bicyclic) bond motifs is 2. The summed E-state index contributed by atoms with van der Waals surface area (Å²) in [7, 11) is 1.43. The summed E-state index contributed by atoms with van der Waals surface area (Å²) < 4.78 is 77.7. The van der Waals surface area contributed by atoms with Crippen LogP contribution in [0.5, 0.6) is 5.75 Å². The smallest absolute Gasteiger partial charge is 0.311 e. The van der Waals surface area contributed by atoms with Crippen molar-refractivity contribution in [1.29, 1.82) is 0 Å². The predicted molar refractivity (Wildman–Crippen MR) is 138 cm³/mol. The van der Waals surface area contributed by atoms with Crippen LogP contribution in [-0.2, 0) is 15.9 Å². The molecular weight excluding hydrogens is 518 g/mol. The maximum absolute atomic E-state index is 16.3. The first-order chi connectivity index (χ1) is 18.6. The van der Waals surface area contributed by atoms with E-state index in [0.29, 0.717) is 10.8 Å². The van der Waals surface area contributed by atoms with E-state index in [4.69, 9.17) is 14.2 Å². The summed E-state index contributed by atoms with van der Waals surface area (Å²) in [5.74, 6) is -2.47. The van der Waals surface area contributed by atoms with Crippen molar-refractivity contribution in [2.45, 2.75) is 25.9 Å². The molecule has 39 heavy (non-hydrogen) atoms. The standard InChI is InChI=1S/C28H27F4N3O4/c1-4-17-20(29)6-5-15-9-16(39-14-37-3)10-18(22(15)17)23-21(30)11-19-25(24(23)31)33-27(32)34-26(19)35-7-8-38-13-28(2,36)12-35/h5-6,9-11,36H,4,7-8,12-14H2,1-3H3. The molecule has 0 bridgehead atoms. The van der Waals surface area contributed by atoms with Crippen molar-refractivity contribution in [3.05, 3.63) is 59.4 Å². The van der Waals surface area contributed by atoms with Crippen molar-refractivity contribution in [2.75, 3.05) is 45.1 Å². The number of ether oxygens (including phenoxy) is 3. The fourth-order valence-corrected chi connectivity index (χ4v) is 5.07. The van der Waals surface area contributed by atoms with E-state index in [-0.39, 0.29) is 67.6 Å². The molecule has 5 rings (SSSR count). The number of aryl methyl sites for hydroxylation is 1. The first-order valence-electron chi connectivity index (χ1n) is 12.4. The molecule has 3 aromatic carbocycles. The van der Waals surface area contributed by atoms with Gasteiger partial charge in [-0.1, -0.05) is 13.0 Å². The molecule has 1 aromatic heterocycles. The second-order valence-electron chi connectivity index (χ2n) is 9.73. The number of rotatable bonds is 6. The Labute approximate surface area is 221 Å². The van der Waals surface area contributed by atoms with Crippen molar-refractivity contribution in [3.63, 3.8) is 0 Å². The van der Waals surface area contributed by atoms with Crippen LogP contribution in [0.25, 0.3) is 32.8 Å². The third-order valence-electron chi connectivity index (χ3n) is 6.69. The van der Waals surface area contributed by atoms with E-state index in [9.17, 15) is 13.9 Å². The largest absolute Gasteiger partial charge is 0.468 e. The highest BCUT2D eigenvalue weighted by Gasteiger charge is 2.31. The summed E-state index contributed by atoms with van der Waals surface area (Å²) in [5.41, 5.74) is -1.97. The molecule has 11 heteroatoms. The fraction of sp³-hybridized carbons (Fsp3) is 0.357. The SMILES string of the molecule is CCc1c(F)ccc2cc(OCOC)cc(-c3c(F)cc4c(N5CCOCC(C)(O)C5)nc(F)nc4c3F)c12. The van der Waals surface area contributed by atoms with Gasteiger partial charge in [-0.15, -0.1) is 0 Å². The molecule has 1 aliphatic heterocycles. The summed E-state index contributed by atoms with van der Waals surface area (Å²) in [6.45, 7) is 3.57. The summed E-state index contributed by atoms with van der Waals surface area (Å²) in [5, 5.41) is 11.3. The van der Waals surface area contributed by atoms with Gasteiger partial charge in [0.1, 0.15) is 34.3 Å². The van der Waals surface area contributed by atoms with Crippen LogP contribution in [0.1, 0.15) is 19.4 Å². The quantitative estimate of drug-likeness (QED) is 0.204. The summed E-state index contributed by atoms with van der Waals surface area (Å²) in [4.78, 5) is 8.99. The Morgan fingerprint density at radius 1 is 1.10 bits per heavy atom. The molecule has 0 amide bonds. The average Bonchev–Trinajstić information content (AvgIpc) is 3.08. The zero-order valence-electron chi connectivity index (χ0n) is 21.7. The average molecular weight is 546 g/mol. The first kappa shape index (κ1) is 27.0. The van der Waals surface area contributed by atoms with Gasteiger partial charge < -0.3 is 24.2 Å². The molecule has 1 aliphatic rings. The molecular formula is C28H27F4N3O4. The zero-order valence-corrected chi connectivity index (χ0v) is 21.7. The molecule has 1 saturated heterocycles. The van der Waals surface area contributed by atoms with Crippen molar-refractivity contribution >= 4 is 27.5 Å². The molecule has 2 heterocycles. The van der Waals surface area contributed by atoms with Crippen LogP contribution in [0.2, 0.25) is 0 Å². The van der Waals surface area contributed by atoms with E-state index in [1.165, 1.54) is 30.2 Å². The van der Waals surface area contributed by atoms with Crippen LogP contribution in [0.3, 0.4) is 0 Å². The Balaban J connectivity index is 1.79. The highest BCUT2D eigenvalue weighted by molar-refractivity contribution is 6.03. The minimum Gasteiger partial charge on any atom is -0.468 e. The second kappa shape index (κ2) is 10.6. The number of anilines is 1. The number of hydrogen-bond acceptors (Lipinski definition) is 7. The van der Waals surface area contributed by atoms with E-state index in [1.54, 1.807) is 19.9 Å². The molecule has 1 unspecified atom stereocenters. The number of benzene rings is 3. The Kier molecular flexibility index (Phi) is 7.32. The van der Waals surface area contributed by atoms with Crippen molar-refractivity contribution in [1.82, 2.24) is 9.97 Å². The van der Waals surface area contributed by atoms with E-state index in [1.807, 2.05) is 0 Å². The maximum Gasteiger partial charge on any atom is 0.311 e. The van der Waals surface area contributed by atoms with Gasteiger partial charge in [-0.05, 0) is 59.5 Å². The van der Waals surface area contributed by atoms with E-state index < -0.39 is 40.2 Å². The topological polar surface area (TPSA) is 76.9 Å².